The van der Waals surface area contributed by atoms with Gasteiger partial charge in [0.05, 0.1) is 7.11 Å². The zero-order chi connectivity index (χ0) is 19.2. The van der Waals surface area contributed by atoms with Crippen molar-refractivity contribution in [1.29, 1.82) is 0 Å². The molecule has 0 spiro atoms. The summed E-state index contributed by atoms with van der Waals surface area (Å²) in [7, 11) is 1.29. The lowest BCUT2D eigenvalue weighted by molar-refractivity contribution is -0.150. The summed E-state index contributed by atoms with van der Waals surface area (Å²) in [6.45, 7) is 4.27. The zero-order valence-electron chi connectivity index (χ0n) is 15.5. The van der Waals surface area contributed by atoms with Gasteiger partial charge in [-0.2, -0.15) is 0 Å². The van der Waals surface area contributed by atoms with Crippen LogP contribution in [0.2, 0.25) is 0 Å². The van der Waals surface area contributed by atoms with Gasteiger partial charge in [-0.15, -0.1) is 0 Å². The van der Waals surface area contributed by atoms with Crippen LogP contribution < -0.4 is 5.32 Å². The second-order valence-electron chi connectivity index (χ2n) is 6.95. The summed E-state index contributed by atoms with van der Waals surface area (Å²) in [6, 6.07) is 9.64. The van der Waals surface area contributed by atoms with E-state index in [1.54, 1.807) is 30.9 Å². The number of nitrogens with one attached hydrogen (secondary N) is 1. The van der Waals surface area contributed by atoms with Gasteiger partial charge in [-0.3, -0.25) is 9.59 Å². The van der Waals surface area contributed by atoms with E-state index in [0.717, 1.165) is 5.56 Å². The first kappa shape index (κ1) is 19.7. The van der Waals surface area contributed by atoms with Gasteiger partial charge in [-0.1, -0.05) is 30.3 Å². The largest absolute Gasteiger partial charge is 0.467 e. The van der Waals surface area contributed by atoms with Crippen molar-refractivity contribution in [3.63, 3.8) is 0 Å². The molecule has 26 heavy (non-hydrogen) atoms. The summed E-state index contributed by atoms with van der Waals surface area (Å²) < 4.78 is 4.70. The van der Waals surface area contributed by atoms with Crippen molar-refractivity contribution in [3.8, 4) is 0 Å². The molecule has 1 heterocycles. The van der Waals surface area contributed by atoms with Crippen LogP contribution in [0.15, 0.2) is 36.4 Å². The Kier molecular flexibility index (Phi) is 6.55. The van der Waals surface area contributed by atoms with E-state index in [0.29, 0.717) is 25.9 Å². The van der Waals surface area contributed by atoms with Gasteiger partial charge in [0.15, 0.2) is 0 Å². The highest BCUT2D eigenvalue weighted by Crippen LogP contribution is 2.19. The molecular formula is C20H26N2O4. The predicted octanol–water partition coefficient (Wildman–Crippen LogP) is 2.01. The van der Waals surface area contributed by atoms with Crippen LogP contribution >= 0.6 is 0 Å². The van der Waals surface area contributed by atoms with Crippen LogP contribution in [-0.2, 0) is 19.1 Å². The number of nitrogens with zero attached hydrogens (tertiary/aromatic N) is 1. The van der Waals surface area contributed by atoms with Gasteiger partial charge < -0.3 is 15.0 Å². The average Bonchev–Trinajstić information content (AvgIpc) is 2.66. The van der Waals surface area contributed by atoms with Crippen LogP contribution in [0.25, 0.3) is 6.08 Å². The Hall–Kier alpha value is -2.63. The highest BCUT2D eigenvalue weighted by atomic mass is 16.5. The molecule has 2 rings (SSSR count). The number of hydrogen-bond donors (Lipinski definition) is 1. The fraction of sp³-hybridized carbons (Fsp3) is 0.450. The van der Waals surface area contributed by atoms with Gasteiger partial charge in [0.25, 0.3) is 0 Å². The van der Waals surface area contributed by atoms with Gasteiger partial charge in [-0.25, -0.2) is 4.79 Å². The number of carbonyl (C=O) groups excluding carboxylic acids is 3. The summed E-state index contributed by atoms with van der Waals surface area (Å²) in [5.74, 6) is -0.916. The Morgan fingerprint density at radius 2 is 1.77 bits per heavy atom. The number of methoxy groups -OCH3 is 1. The third kappa shape index (κ3) is 5.18. The Balaban J connectivity index is 1.84. The number of piperidine rings is 1. The Morgan fingerprint density at radius 1 is 1.15 bits per heavy atom. The standard InChI is InChI=1S/C20H26N2O4/c1-20(2,19(25)26-3)21-18(24)16-11-13-22(14-12-16)17(23)10-9-15-7-5-4-6-8-15/h4-10,16H,11-14H2,1-3H3,(H,21,24)/b10-9-. The smallest absolute Gasteiger partial charge is 0.330 e. The Bertz CT molecular complexity index is 674. The van der Waals surface area contributed by atoms with Crippen LogP contribution in [0.1, 0.15) is 32.3 Å². The lowest BCUT2D eigenvalue weighted by atomic mass is 9.94. The van der Waals surface area contributed by atoms with Gasteiger partial charge in [0.2, 0.25) is 11.8 Å². The SMILES string of the molecule is COC(=O)C(C)(C)NC(=O)C1CCN(C(=O)/C=C\c2ccccc2)CC1. The Morgan fingerprint density at radius 3 is 2.35 bits per heavy atom. The second kappa shape index (κ2) is 8.65. The summed E-state index contributed by atoms with van der Waals surface area (Å²) >= 11 is 0. The summed E-state index contributed by atoms with van der Waals surface area (Å²) in [5.41, 5.74) is -0.0860. The van der Waals surface area contributed by atoms with E-state index in [1.807, 2.05) is 30.3 Å². The van der Waals surface area contributed by atoms with E-state index in [2.05, 4.69) is 5.32 Å². The number of hydrogen-bond acceptors (Lipinski definition) is 4. The maximum Gasteiger partial charge on any atom is 0.330 e. The van der Waals surface area contributed by atoms with Crippen LogP contribution in [0.5, 0.6) is 0 Å². The quantitative estimate of drug-likeness (QED) is 0.645. The van der Waals surface area contributed by atoms with Crippen LogP contribution in [0.4, 0.5) is 0 Å². The lowest BCUT2D eigenvalue weighted by Crippen LogP contribution is -2.53. The highest BCUT2D eigenvalue weighted by molar-refractivity contribution is 5.92. The first-order valence-corrected chi connectivity index (χ1v) is 8.76. The van der Waals surface area contributed by atoms with Crippen LogP contribution in [0.3, 0.4) is 0 Å². The number of esters is 1. The lowest BCUT2D eigenvalue weighted by Gasteiger charge is -2.32. The van der Waals surface area contributed by atoms with Crippen LogP contribution in [-0.4, -0.2) is 48.4 Å². The number of benzene rings is 1. The van der Waals surface area contributed by atoms with E-state index in [-0.39, 0.29) is 17.7 Å². The molecule has 0 aliphatic carbocycles. The summed E-state index contributed by atoms with van der Waals surface area (Å²) in [5, 5.41) is 2.74. The molecule has 0 unspecified atom stereocenters. The van der Waals surface area contributed by atoms with E-state index < -0.39 is 11.5 Å². The molecular weight excluding hydrogens is 332 g/mol. The number of ether oxygens (including phenoxy) is 1. The van der Waals surface area contributed by atoms with Crippen molar-refractivity contribution >= 4 is 23.9 Å². The fourth-order valence-electron chi connectivity index (χ4n) is 2.92. The molecule has 140 valence electrons. The molecule has 0 atom stereocenters. The molecule has 1 saturated heterocycles. The van der Waals surface area contributed by atoms with Crippen molar-refractivity contribution in [3.05, 3.63) is 42.0 Å². The molecule has 0 saturated carbocycles. The predicted molar refractivity (Wildman–Crippen MR) is 99.0 cm³/mol. The average molecular weight is 358 g/mol. The summed E-state index contributed by atoms with van der Waals surface area (Å²) in [6.07, 6.45) is 4.51. The monoisotopic (exact) mass is 358 g/mol. The van der Waals surface area contributed by atoms with E-state index >= 15 is 0 Å². The van der Waals surface area contributed by atoms with Crippen molar-refractivity contribution in [2.24, 2.45) is 5.92 Å². The number of rotatable bonds is 5. The number of likely N-dealkylation sites (tertiary alicyclic amines) is 1. The Labute approximate surface area is 154 Å². The van der Waals surface area contributed by atoms with E-state index in [9.17, 15) is 14.4 Å². The molecule has 0 radical (unpaired) electrons. The molecule has 6 heteroatoms. The van der Waals surface area contributed by atoms with Crippen molar-refractivity contribution in [2.75, 3.05) is 20.2 Å². The third-order valence-corrected chi connectivity index (χ3v) is 4.53. The third-order valence-electron chi connectivity index (χ3n) is 4.53. The minimum Gasteiger partial charge on any atom is -0.467 e. The van der Waals surface area contributed by atoms with Gasteiger partial charge >= 0.3 is 5.97 Å². The molecule has 1 aromatic carbocycles. The molecule has 1 fully saturated rings. The maximum atomic E-state index is 12.4. The second-order valence-corrected chi connectivity index (χ2v) is 6.95. The molecule has 1 aromatic rings. The minimum atomic E-state index is -1.06. The van der Waals surface area contributed by atoms with Gasteiger partial charge in [-0.05, 0) is 38.3 Å². The fourth-order valence-corrected chi connectivity index (χ4v) is 2.92. The van der Waals surface area contributed by atoms with Crippen molar-refractivity contribution in [2.45, 2.75) is 32.2 Å². The van der Waals surface area contributed by atoms with Crippen LogP contribution in [0, 0.1) is 5.92 Å². The minimum absolute atomic E-state index is 0.0531. The zero-order valence-corrected chi connectivity index (χ0v) is 15.5. The topological polar surface area (TPSA) is 75.7 Å². The molecule has 1 N–H and O–H groups in total. The first-order chi connectivity index (χ1) is 12.3. The van der Waals surface area contributed by atoms with E-state index in [4.69, 9.17) is 4.74 Å². The molecule has 6 nitrogen and oxygen atoms in total. The molecule has 1 aliphatic rings. The number of carbonyl (C=O) groups is 3. The van der Waals surface area contributed by atoms with Crippen molar-refractivity contribution < 1.29 is 19.1 Å². The highest BCUT2D eigenvalue weighted by Gasteiger charge is 2.34. The summed E-state index contributed by atoms with van der Waals surface area (Å²) in [4.78, 5) is 38.1. The normalized spacial score (nSPS) is 15.7. The molecule has 2 amide bonds. The number of amides is 2. The van der Waals surface area contributed by atoms with Gasteiger partial charge in [0.1, 0.15) is 5.54 Å². The first-order valence-electron chi connectivity index (χ1n) is 8.76. The van der Waals surface area contributed by atoms with E-state index in [1.165, 1.54) is 7.11 Å². The molecule has 0 bridgehead atoms. The van der Waals surface area contributed by atoms with Crippen molar-refractivity contribution in [1.82, 2.24) is 10.2 Å². The molecule has 0 aromatic heterocycles. The van der Waals surface area contributed by atoms with Gasteiger partial charge in [0, 0.05) is 25.1 Å². The molecule has 1 aliphatic heterocycles. The maximum absolute atomic E-state index is 12.4.